The molecule has 4 heteroatoms. The highest BCUT2D eigenvalue weighted by molar-refractivity contribution is 6.30. The summed E-state index contributed by atoms with van der Waals surface area (Å²) in [4.78, 5) is 10.7. The van der Waals surface area contributed by atoms with Crippen molar-refractivity contribution in [2.45, 2.75) is 0 Å². The highest BCUT2D eigenvalue weighted by Crippen LogP contribution is 2.26. The van der Waals surface area contributed by atoms with Crippen LogP contribution in [0, 0.1) is 0 Å². The zero-order valence-corrected chi connectivity index (χ0v) is 8.48. The molecule has 0 aliphatic rings. The van der Waals surface area contributed by atoms with E-state index in [2.05, 4.69) is 0 Å². The Morgan fingerprint density at radius 2 is 2.13 bits per heavy atom. The van der Waals surface area contributed by atoms with E-state index in [1.165, 1.54) is 6.07 Å². The second kappa shape index (κ2) is 3.79. The van der Waals surface area contributed by atoms with Gasteiger partial charge in [-0.1, -0.05) is 11.6 Å². The van der Waals surface area contributed by atoms with E-state index >= 15 is 0 Å². The van der Waals surface area contributed by atoms with Crippen molar-refractivity contribution in [2.24, 2.45) is 0 Å². The van der Waals surface area contributed by atoms with Crippen molar-refractivity contribution in [3.8, 4) is 11.4 Å². The monoisotopic (exact) mass is 221 g/mol. The molecule has 1 heterocycles. The maximum atomic E-state index is 10.7. The Hall–Kier alpha value is -1.74. The van der Waals surface area contributed by atoms with Gasteiger partial charge >= 0.3 is 0 Å². The van der Waals surface area contributed by atoms with Gasteiger partial charge < -0.3 is 9.67 Å². The van der Waals surface area contributed by atoms with Gasteiger partial charge in [-0.2, -0.15) is 0 Å². The summed E-state index contributed by atoms with van der Waals surface area (Å²) in [5.41, 5.74) is 0.960. The van der Waals surface area contributed by atoms with Crippen LogP contribution < -0.4 is 0 Å². The van der Waals surface area contributed by atoms with E-state index in [0.29, 0.717) is 16.4 Å². The minimum absolute atomic E-state index is 0.0821. The smallest absolute Gasteiger partial charge is 0.166 e. The highest BCUT2D eigenvalue weighted by Gasteiger charge is 2.07. The second-order valence-corrected chi connectivity index (χ2v) is 3.49. The van der Waals surface area contributed by atoms with Crippen LogP contribution in [0.15, 0.2) is 36.5 Å². The Kier molecular flexibility index (Phi) is 2.47. The molecule has 0 saturated carbocycles. The first kappa shape index (κ1) is 9.80. The molecule has 0 unspecified atom stereocenters. The summed E-state index contributed by atoms with van der Waals surface area (Å²) in [6.45, 7) is 0. The molecule has 1 aromatic heterocycles. The normalized spacial score (nSPS) is 10.2. The Labute approximate surface area is 91.5 Å². The number of hydrogen-bond donors (Lipinski definition) is 1. The highest BCUT2D eigenvalue weighted by atomic mass is 35.5. The van der Waals surface area contributed by atoms with Gasteiger partial charge in [0.15, 0.2) is 6.29 Å². The van der Waals surface area contributed by atoms with Gasteiger partial charge in [0, 0.05) is 11.2 Å². The number of rotatable bonds is 2. The first-order chi connectivity index (χ1) is 7.22. The number of phenolic OH excluding ortho intramolecular Hbond substituents is 1. The van der Waals surface area contributed by atoms with Crippen LogP contribution in [0.25, 0.3) is 5.69 Å². The van der Waals surface area contributed by atoms with Crippen molar-refractivity contribution < 1.29 is 9.90 Å². The van der Waals surface area contributed by atoms with Gasteiger partial charge in [-0.25, -0.2) is 0 Å². The van der Waals surface area contributed by atoms with E-state index in [9.17, 15) is 9.90 Å². The average molecular weight is 222 g/mol. The Balaban J connectivity index is 2.62. The Morgan fingerprint density at radius 1 is 1.33 bits per heavy atom. The molecule has 3 nitrogen and oxygen atoms in total. The van der Waals surface area contributed by atoms with Crippen LogP contribution >= 0.6 is 11.6 Å². The third-order valence-electron chi connectivity index (χ3n) is 2.10. The second-order valence-electron chi connectivity index (χ2n) is 3.05. The zero-order chi connectivity index (χ0) is 10.8. The van der Waals surface area contributed by atoms with Crippen LogP contribution in [0.1, 0.15) is 10.5 Å². The quantitative estimate of drug-likeness (QED) is 0.793. The molecule has 0 fully saturated rings. The average Bonchev–Trinajstić information content (AvgIpc) is 2.69. The minimum atomic E-state index is 0.0821. The Bertz CT molecular complexity index is 505. The summed E-state index contributed by atoms with van der Waals surface area (Å²) < 4.78 is 1.58. The minimum Gasteiger partial charge on any atom is -0.506 e. The molecule has 0 bridgehead atoms. The summed E-state index contributed by atoms with van der Waals surface area (Å²) in [7, 11) is 0. The molecule has 2 aromatic rings. The largest absolute Gasteiger partial charge is 0.506 e. The standard InChI is InChI=1S/C11H8ClNO2/c12-8-3-4-11(15)10(6-8)13-5-1-2-9(13)7-14/h1-7,15H. The molecular formula is C11H8ClNO2. The van der Waals surface area contributed by atoms with Gasteiger partial charge in [0.1, 0.15) is 5.75 Å². The lowest BCUT2D eigenvalue weighted by molar-refractivity contribution is 0.111. The maximum Gasteiger partial charge on any atom is 0.166 e. The molecule has 15 heavy (non-hydrogen) atoms. The van der Waals surface area contributed by atoms with Crippen LogP contribution in [0.3, 0.4) is 0 Å². The molecule has 0 aliphatic heterocycles. The van der Waals surface area contributed by atoms with Gasteiger partial charge in [0.25, 0.3) is 0 Å². The lowest BCUT2D eigenvalue weighted by Gasteiger charge is -2.07. The predicted molar refractivity (Wildman–Crippen MR) is 57.8 cm³/mol. The summed E-state index contributed by atoms with van der Waals surface area (Å²) in [6, 6.07) is 8.07. The molecule has 0 atom stereocenters. The first-order valence-electron chi connectivity index (χ1n) is 4.34. The molecule has 1 N–H and O–H groups in total. The lowest BCUT2D eigenvalue weighted by Crippen LogP contribution is -1.97. The van der Waals surface area contributed by atoms with Gasteiger partial charge in [0.05, 0.1) is 11.4 Å². The van der Waals surface area contributed by atoms with Crippen LogP contribution in [0.4, 0.5) is 0 Å². The van der Waals surface area contributed by atoms with Gasteiger partial charge in [0.2, 0.25) is 0 Å². The summed E-state index contributed by atoms with van der Waals surface area (Å²) in [5.74, 6) is 0.0821. The Morgan fingerprint density at radius 3 is 2.87 bits per heavy atom. The van der Waals surface area contributed by atoms with Gasteiger partial charge in [-0.15, -0.1) is 0 Å². The fraction of sp³-hybridized carbons (Fsp3) is 0. The molecule has 0 amide bonds. The topological polar surface area (TPSA) is 42.2 Å². The summed E-state index contributed by atoms with van der Waals surface area (Å²) >= 11 is 5.82. The lowest BCUT2D eigenvalue weighted by atomic mass is 10.3. The number of carbonyl (C=O) groups is 1. The molecule has 0 aliphatic carbocycles. The molecule has 76 valence electrons. The van der Waals surface area contributed by atoms with Crippen LogP contribution in [0.5, 0.6) is 5.75 Å². The van der Waals surface area contributed by atoms with E-state index in [1.54, 1.807) is 35.0 Å². The van der Waals surface area contributed by atoms with Crippen molar-refractivity contribution >= 4 is 17.9 Å². The number of hydrogen-bond acceptors (Lipinski definition) is 2. The van der Waals surface area contributed by atoms with Crippen LogP contribution in [0.2, 0.25) is 5.02 Å². The third-order valence-corrected chi connectivity index (χ3v) is 2.33. The fourth-order valence-corrected chi connectivity index (χ4v) is 1.57. The van der Waals surface area contributed by atoms with E-state index in [4.69, 9.17) is 11.6 Å². The third kappa shape index (κ3) is 1.74. The van der Waals surface area contributed by atoms with Crippen molar-refractivity contribution in [3.05, 3.63) is 47.2 Å². The van der Waals surface area contributed by atoms with Crippen molar-refractivity contribution in [1.29, 1.82) is 0 Å². The zero-order valence-electron chi connectivity index (χ0n) is 7.72. The van der Waals surface area contributed by atoms with Gasteiger partial charge in [-0.3, -0.25) is 4.79 Å². The van der Waals surface area contributed by atoms with Crippen LogP contribution in [-0.4, -0.2) is 16.0 Å². The van der Waals surface area contributed by atoms with Crippen molar-refractivity contribution in [1.82, 2.24) is 4.57 Å². The fourth-order valence-electron chi connectivity index (χ4n) is 1.40. The number of aromatic hydroxyl groups is 1. The predicted octanol–water partition coefficient (Wildman–Crippen LogP) is 2.65. The SMILES string of the molecule is O=Cc1cccn1-c1cc(Cl)ccc1O. The molecule has 0 saturated heterocycles. The summed E-state index contributed by atoms with van der Waals surface area (Å²) in [5, 5.41) is 10.1. The first-order valence-corrected chi connectivity index (χ1v) is 4.71. The molecular weight excluding hydrogens is 214 g/mol. The van der Waals surface area contributed by atoms with Crippen molar-refractivity contribution in [2.75, 3.05) is 0 Å². The van der Waals surface area contributed by atoms with Crippen molar-refractivity contribution in [3.63, 3.8) is 0 Å². The number of carbonyl (C=O) groups excluding carboxylic acids is 1. The molecule has 2 rings (SSSR count). The number of nitrogens with zero attached hydrogens (tertiary/aromatic N) is 1. The number of benzene rings is 1. The van der Waals surface area contributed by atoms with Gasteiger partial charge in [-0.05, 0) is 30.3 Å². The molecule has 0 radical (unpaired) electrons. The summed E-state index contributed by atoms with van der Waals surface area (Å²) in [6.07, 6.45) is 2.41. The molecule has 1 aromatic carbocycles. The molecule has 0 spiro atoms. The van der Waals surface area contributed by atoms with E-state index in [-0.39, 0.29) is 5.75 Å². The number of aromatic nitrogens is 1. The van der Waals surface area contributed by atoms with E-state index < -0.39 is 0 Å². The van der Waals surface area contributed by atoms with E-state index in [1.807, 2.05) is 0 Å². The van der Waals surface area contributed by atoms with E-state index in [0.717, 1.165) is 6.29 Å². The van der Waals surface area contributed by atoms with Crippen LogP contribution in [-0.2, 0) is 0 Å². The maximum absolute atomic E-state index is 10.7. The number of halogens is 1. The number of aldehydes is 1. The number of phenols is 1.